The van der Waals surface area contributed by atoms with E-state index in [4.69, 9.17) is 5.26 Å². The van der Waals surface area contributed by atoms with Gasteiger partial charge in [-0.2, -0.15) is 18.4 Å². The van der Waals surface area contributed by atoms with E-state index in [0.29, 0.717) is 5.69 Å². The van der Waals surface area contributed by atoms with E-state index in [1.807, 2.05) is 13.0 Å². The molecule has 1 unspecified atom stereocenters. The van der Waals surface area contributed by atoms with Crippen LogP contribution in [0.2, 0.25) is 0 Å². The van der Waals surface area contributed by atoms with E-state index in [1.54, 1.807) is 24.5 Å². The number of alkyl halides is 3. The zero-order valence-corrected chi connectivity index (χ0v) is 11.1. The van der Waals surface area contributed by atoms with Crippen LogP contribution in [0, 0.1) is 11.3 Å². The van der Waals surface area contributed by atoms with Crippen molar-refractivity contribution in [2.75, 3.05) is 5.32 Å². The molecule has 0 radical (unpaired) electrons. The standard InChI is InChI=1S/C15H12F3N3/c1-10(12-3-2-6-20-9-12)21-13-5-4-11(8-19)14(7-13)15(16,17)18/h2-7,9-10,21H,1H3. The molecule has 3 nitrogen and oxygen atoms in total. The lowest BCUT2D eigenvalue weighted by Gasteiger charge is -2.17. The van der Waals surface area contributed by atoms with Gasteiger partial charge in [0.05, 0.1) is 23.2 Å². The molecular weight excluding hydrogens is 279 g/mol. The molecule has 1 aromatic heterocycles. The third-order valence-corrected chi connectivity index (χ3v) is 3.01. The van der Waals surface area contributed by atoms with Crippen LogP contribution in [0.25, 0.3) is 0 Å². The minimum Gasteiger partial charge on any atom is -0.378 e. The molecule has 1 atom stereocenters. The fraction of sp³-hybridized carbons (Fsp3) is 0.200. The Kier molecular flexibility index (Phi) is 4.13. The average molecular weight is 291 g/mol. The summed E-state index contributed by atoms with van der Waals surface area (Å²) >= 11 is 0. The van der Waals surface area contributed by atoms with Gasteiger partial charge in [-0.1, -0.05) is 6.07 Å². The van der Waals surface area contributed by atoms with Crippen LogP contribution < -0.4 is 5.32 Å². The van der Waals surface area contributed by atoms with Crippen LogP contribution in [-0.2, 0) is 6.18 Å². The van der Waals surface area contributed by atoms with Crippen molar-refractivity contribution in [1.29, 1.82) is 5.26 Å². The van der Waals surface area contributed by atoms with E-state index in [1.165, 1.54) is 12.1 Å². The number of pyridine rings is 1. The number of hydrogen-bond acceptors (Lipinski definition) is 3. The highest BCUT2D eigenvalue weighted by Gasteiger charge is 2.33. The van der Waals surface area contributed by atoms with E-state index in [-0.39, 0.29) is 11.6 Å². The first kappa shape index (κ1) is 14.9. The second-order valence-electron chi connectivity index (χ2n) is 4.52. The third kappa shape index (κ3) is 3.51. The fourth-order valence-corrected chi connectivity index (χ4v) is 1.93. The first-order chi connectivity index (χ1) is 9.91. The van der Waals surface area contributed by atoms with Crippen molar-refractivity contribution in [3.8, 4) is 6.07 Å². The Morgan fingerprint density at radius 1 is 1.29 bits per heavy atom. The van der Waals surface area contributed by atoms with Gasteiger partial charge < -0.3 is 5.32 Å². The lowest BCUT2D eigenvalue weighted by Crippen LogP contribution is -2.11. The first-order valence-electron chi connectivity index (χ1n) is 6.19. The largest absolute Gasteiger partial charge is 0.417 e. The quantitative estimate of drug-likeness (QED) is 0.924. The molecule has 1 aromatic carbocycles. The maximum absolute atomic E-state index is 12.9. The molecule has 0 aliphatic carbocycles. The van der Waals surface area contributed by atoms with Gasteiger partial charge in [0.15, 0.2) is 0 Å². The summed E-state index contributed by atoms with van der Waals surface area (Å²) in [5.41, 5.74) is -0.163. The van der Waals surface area contributed by atoms with Gasteiger partial charge in [0.25, 0.3) is 0 Å². The maximum Gasteiger partial charge on any atom is 0.417 e. The summed E-state index contributed by atoms with van der Waals surface area (Å²) in [5.74, 6) is 0. The Labute approximate surface area is 120 Å². The van der Waals surface area contributed by atoms with Gasteiger partial charge in [-0.15, -0.1) is 0 Å². The lowest BCUT2D eigenvalue weighted by atomic mass is 10.1. The van der Waals surface area contributed by atoms with Crippen LogP contribution in [0.3, 0.4) is 0 Å². The summed E-state index contributed by atoms with van der Waals surface area (Å²) in [7, 11) is 0. The molecule has 0 amide bonds. The topological polar surface area (TPSA) is 48.7 Å². The van der Waals surface area contributed by atoms with Crippen LogP contribution in [0.4, 0.5) is 18.9 Å². The fourth-order valence-electron chi connectivity index (χ4n) is 1.93. The van der Waals surface area contributed by atoms with Gasteiger partial charge in [0.2, 0.25) is 0 Å². The molecule has 2 rings (SSSR count). The zero-order valence-electron chi connectivity index (χ0n) is 11.1. The normalized spacial score (nSPS) is 12.5. The number of rotatable bonds is 3. The summed E-state index contributed by atoms with van der Waals surface area (Å²) in [6, 6.07) is 8.52. The molecule has 6 heteroatoms. The van der Waals surface area contributed by atoms with Crippen molar-refractivity contribution in [1.82, 2.24) is 4.98 Å². The molecule has 0 spiro atoms. The number of aromatic nitrogens is 1. The molecule has 0 saturated carbocycles. The molecular formula is C15H12F3N3. The van der Waals surface area contributed by atoms with Crippen molar-refractivity contribution < 1.29 is 13.2 Å². The van der Waals surface area contributed by atoms with Gasteiger partial charge in [-0.3, -0.25) is 4.98 Å². The number of halogens is 3. The van der Waals surface area contributed by atoms with Gasteiger partial charge >= 0.3 is 6.18 Å². The molecule has 0 fully saturated rings. The summed E-state index contributed by atoms with van der Waals surface area (Å²) in [6.45, 7) is 1.82. The van der Waals surface area contributed by atoms with Crippen LogP contribution in [0.5, 0.6) is 0 Å². The highest BCUT2D eigenvalue weighted by Crippen LogP contribution is 2.34. The number of nitriles is 1. The molecule has 2 aromatic rings. The van der Waals surface area contributed by atoms with Crippen LogP contribution >= 0.6 is 0 Å². The molecule has 0 aliphatic heterocycles. The predicted molar refractivity (Wildman–Crippen MR) is 72.4 cm³/mol. The van der Waals surface area contributed by atoms with E-state index in [9.17, 15) is 13.2 Å². The molecule has 0 aliphatic rings. The molecule has 1 N–H and O–H groups in total. The van der Waals surface area contributed by atoms with E-state index < -0.39 is 11.7 Å². The smallest absolute Gasteiger partial charge is 0.378 e. The number of hydrogen-bond donors (Lipinski definition) is 1. The second-order valence-corrected chi connectivity index (χ2v) is 4.52. The summed E-state index contributed by atoms with van der Waals surface area (Å²) in [4.78, 5) is 3.97. The Balaban J connectivity index is 2.28. The first-order valence-corrected chi connectivity index (χ1v) is 6.19. The Morgan fingerprint density at radius 2 is 2.05 bits per heavy atom. The summed E-state index contributed by atoms with van der Waals surface area (Å²) in [5, 5.41) is 11.7. The zero-order chi connectivity index (χ0) is 15.5. The number of anilines is 1. The van der Waals surface area contributed by atoms with E-state index >= 15 is 0 Å². The van der Waals surface area contributed by atoms with E-state index in [0.717, 1.165) is 11.6 Å². The minimum atomic E-state index is -4.56. The predicted octanol–water partition coefficient (Wildman–Crippen LogP) is 4.15. The molecule has 108 valence electrons. The van der Waals surface area contributed by atoms with Crippen LogP contribution in [0.15, 0.2) is 42.7 Å². The number of benzene rings is 1. The summed E-state index contributed by atoms with van der Waals surface area (Å²) in [6.07, 6.45) is -1.29. The average Bonchev–Trinajstić information content (AvgIpc) is 2.47. The Hall–Kier alpha value is -2.55. The van der Waals surface area contributed by atoms with Crippen molar-refractivity contribution in [3.05, 3.63) is 59.4 Å². The number of nitrogens with zero attached hydrogens (tertiary/aromatic N) is 2. The highest BCUT2D eigenvalue weighted by molar-refractivity contribution is 5.54. The monoisotopic (exact) mass is 291 g/mol. The lowest BCUT2D eigenvalue weighted by molar-refractivity contribution is -0.137. The van der Waals surface area contributed by atoms with Crippen molar-refractivity contribution >= 4 is 5.69 Å². The van der Waals surface area contributed by atoms with Gasteiger partial charge in [0, 0.05) is 18.1 Å². The maximum atomic E-state index is 12.9. The SMILES string of the molecule is CC(Nc1ccc(C#N)c(C(F)(F)F)c1)c1cccnc1. The minimum absolute atomic E-state index is 0.201. The van der Waals surface area contributed by atoms with Crippen molar-refractivity contribution in [2.45, 2.75) is 19.1 Å². The molecule has 1 heterocycles. The number of nitrogens with one attached hydrogen (secondary N) is 1. The van der Waals surface area contributed by atoms with Gasteiger partial charge in [0.1, 0.15) is 0 Å². The van der Waals surface area contributed by atoms with Crippen molar-refractivity contribution in [3.63, 3.8) is 0 Å². The molecule has 0 bridgehead atoms. The van der Waals surface area contributed by atoms with Crippen LogP contribution in [-0.4, -0.2) is 4.98 Å². The van der Waals surface area contributed by atoms with Crippen molar-refractivity contribution in [2.24, 2.45) is 0 Å². The Bertz CT molecular complexity index is 660. The van der Waals surface area contributed by atoms with Crippen LogP contribution in [0.1, 0.15) is 29.7 Å². The highest BCUT2D eigenvalue weighted by atomic mass is 19.4. The summed E-state index contributed by atoms with van der Waals surface area (Å²) < 4.78 is 38.7. The van der Waals surface area contributed by atoms with Gasteiger partial charge in [-0.25, -0.2) is 0 Å². The Morgan fingerprint density at radius 3 is 2.62 bits per heavy atom. The second kappa shape index (κ2) is 5.83. The molecule has 21 heavy (non-hydrogen) atoms. The van der Waals surface area contributed by atoms with Gasteiger partial charge in [-0.05, 0) is 36.8 Å². The molecule has 0 saturated heterocycles. The third-order valence-electron chi connectivity index (χ3n) is 3.01. The van der Waals surface area contributed by atoms with E-state index in [2.05, 4.69) is 10.3 Å².